The third-order valence-corrected chi connectivity index (χ3v) is 1.54. The first kappa shape index (κ1) is 10.6. The Morgan fingerprint density at radius 3 is 2.45 bits per heavy atom. The predicted molar refractivity (Wildman–Crippen MR) is 48.6 cm³/mol. The molecule has 0 fully saturated rings. The van der Waals surface area contributed by atoms with E-state index >= 15 is 0 Å². The van der Waals surface area contributed by atoms with Crippen LogP contribution in [0.4, 0.5) is 0 Å². The minimum atomic E-state index is -0.260. The third kappa shape index (κ3) is 4.90. The average Bonchev–Trinajstić information content (AvgIpc) is 1.98. The van der Waals surface area contributed by atoms with Crippen LogP contribution in [-0.4, -0.2) is 17.9 Å². The standard InChI is InChI=1S/C8H14O2S/c1-6(2)4-10-8(9)7(3)5-11/h5-7H,4H2,1-3H3. The molecule has 0 heterocycles. The van der Waals surface area contributed by atoms with Gasteiger partial charge in [0.05, 0.1) is 12.5 Å². The number of thiocarbonyl (C=S) groups is 1. The lowest BCUT2D eigenvalue weighted by atomic mass is 10.2. The Hall–Kier alpha value is -0.440. The van der Waals surface area contributed by atoms with Crippen LogP contribution < -0.4 is 0 Å². The lowest BCUT2D eigenvalue weighted by molar-refractivity contribution is -0.146. The second-order valence-electron chi connectivity index (χ2n) is 2.95. The first-order valence-electron chi connectivity index (χ1n) is 3.69. The monoisotopic (exact) mass is 174 g/mol. The number of ether oxygens (including phenoxy) is 1. The van der Waals surface area contributed by atoms with Crippen LogP contribution in [0.5, 0.6) is 0 Å². The molecule has 2 nitrogen and oxygen atoms in total. The summed E-state index contributed by atoms with van der Waals surface area (Å²) in [5.74, 6) is -0.103. The van der Waals surface area contributed by atoms with E-state index in [1.165, 1.54) is 5.37 Å². The molecule has 0 aliphatic carbocycles. The van der Waals surface area contributed by atoms with Crippen LogP contribution in [0.2, 0.25) is 0 Å². The Morgan fingerprint density at radius 2 is 2.09 bits per heavy atom. The molecule has 11 heavy (non-hydrogen) atoms. The van der Waals surface area contributed by atoms with E-state index in [9.17, 15) is 4.79 Å². The minimum Gasteiger partial charge on any atom is -0.465 e. The summed E-state index contributed by atoms with van der Waals surface area (Å²) in [5, 5.41) is 1.42. The van der Waals surface area contributed by atoms with Crippen LogP contribution in [0, 0.1) is 11.8 Å². The maximum Gasteiger partial charge on any atom is 0.313 e. The van der Waals surface area contributed by atoms with Gasteiger partial charge in [0, 0.05) is 0 Å². The highest BCUT2D eigenvalue weighted by Crippen LogP contribution is 1.98. The van der Waals surface area contributed by atoms with Crippen molar-refractivity contribution in [3.05, 3.63) is 0 Å². The van der Waals surface area contributed by atoms with E-state index in [1.807, 2.05) is 13.8 Å². The summed E-state index contributed by atoms with van der Waals surface area (Å²) in [7, 11) is 0. The van der Waals surface area contributed by atoms with Gasteiger partial charge in [0.2, 0.25) is 0 Å². The average molecular weight is 174 g/mol. The summed E-state index contributed by atoms with van der Waals surface area (Å²) in [5.41, 5.74) is 0. The highest BCUT2D eigenvalue weighted by atomic mass is 32.1. The molecule has 0 bridgehead atoms. The van der Waals surface area contributed by atoms with Gasteiger partial charge in [-0.1, -0.05) is 26.1 Å². The zero-order valence-electron chi connectivity index (χ0n) is 7.16. The molecule has 0 saturated carbocycles. The van der Waals surface area contributed by atoms with Crippen LogP contribution >= 0.6 is 12.2 Å². The Morgan fingerprint density at radius 1 is 1.55 bits per heavy atom. The molecule has 0 aromatic heterocycles. The minimum absolute atomic E-state index is 0.228. The third-order valence-electron chi connectivity index (χ3n) is 1.13. The van der Waals surface area contributed by atoms with Gasteiger partial charge in [0.15, 0.2) is 0 Å². The quantitative estimate of drug-likeness (QED) is 0.480. The number of carbonyl (C=O) groups is 1. The largest absolute Gasteiger partial charge is 0.465 e. The normalized spacial score (nSPS) is 12.7. The van der Waals surface area contributed by atoms with Crippen LogP contribution in [0.1, 0.15) is 20.8 Å². The van der Waals surface area contributed by atoms with E-state index in [4.69, 9.17) is 4.74 Å². The summed E-state index contributed by atoms with van der Waals surface area (Å²) in [4.78, 5) is 11.0. The molecular formula is C8H14O2S. The maximum absolute atomic E-state index is 11.0. The van der Waals surface area contributed by atoms with Crippen LogP contribution in [0.3, 0.4) is 0 Å². The van der Waals surface area contributed by atoms with Crippen molar-refractivity contribution in [1.29, 1.82) is 0 Å². The second kappa shape index (κ2) is 5.24. The molecule has 0 rings (SSSR count). The van der Waals surface area contributed by atoms with Crippen molar-refractivity contribution in [2.24, 2.45) is 11.8 Å². The summed E-state index contributed by atoms with van der Waals surface area (Å²) < 4.78 is 4.92. The van der Waals surface area contributed by atoms with Gasteiger partial charge in [0.1, 0.15) is 0 Å². The summed E-state index contributed by atoms with van der Waals surface area (Å²) in [6.45, 7) is 6.20. The van der Waals surface area contributed by atoms with Crippen molar-refractivity contribution in [2.75, 3.05) is 6.61 Å². The number of hydrogen-bond acceptors (Lipinski definition) is 3. The molecule has 0 aliphatic rings. The first-order chi connectivity index (χ1) is 5.07. The lowest BCUT2D eigenvalue weighted by Crippen LogP contribution is -2.17. The Balaban J connectivity index is 3.60. The molecule has 0 aromatic carbocycles. The van der Waals surface area contributed by atoms with Crippen molar-refractivity contribution in [1.82, 2.24) is 0 Å². The second-order valence-corrected chi connectivity index (χ2v) is 3.22. The molecule has 1 unspecified atom stereocenters. The smallest absolute Gasteiger partial charge is 0.313 e. The number of carbonyl (C=O) groups excluding carboxylic acids is 1. The van der Waals surface area contributed by atoms with E-state index in [-0.39, 0.29) is 11.9 Å². The van der Waals surface area contributed by atoms with Gasteiger partial charge in [0.25, 0.3) is 0 Å². The van der Waals surface area contributed by atoms with Gasteiger partial charge >= 0.3 is 5.97 Å². The van der Waals surface area contributed by atoms with Gasteiger partial charge in [-0.15, -0.1) is 0 Å². The van der Waals surface area contributed by atoms with Crippen molar-refractivity contribution >= 4 is 23.6 Å². The Labute approximate surface area is 72.9 Å². The molecule has 0 radical (unpaired) electrons. The van der Waals surface area contributed by atoms with Crippen LogP contribution in [0.15, 0.2) is 0 Å². The maximum atomic E-state index is 11.0. The van der Waals surface area contributed by atoms with E-state index < -0.39 is 0 Å². The van der Waals surface area contributed by atoms with E-state index in [0.717, 1.165) is 0 Å². The van der Waals surface area contributed by atoms with Gasteiger partial charge < -0.3 is 4.74 Å². The van der Waals surface area contributed by atoms with E-state index in [0.29, 0.717) is 12.5 Å². The van der Waals surface area contributed by atoms with E-state index in [1.54, 1.807) is 6.92 Å². The van der Waals surface area contributed by atoms with Gasteiger partial charge in [-0.05, 0) is 18.2 Å². The fourth-order valence-corrected chi connectivity index (χ4v) is 0.547. The molecule has 0 aliphatic heterocycles. The lowest BCUT2D eigenvalue weighted by Gasteiger charge is -2.08. The SMILES string of the molecule is CC(C)COC(=O)C(C)C=S. The van der Waals surface area contributed by atoms with Gasteiger partial charge in [-0.25, -0.2) is 0 Å². The summed E-state index contributed by atoms with van der Waals surface area (Å²) in [6.07, 6.45) is 0. The predicted octanol–water partition coefficient (Wildman–Crippen LogP) is 1.82. The van der Waals surface area contributed by atoms with Crippen molar-refractivity contribution in [3.63, 3.8) is 0 Å². The number of esters is 1. The number of rotatable bonds is 4. The summed E-state index contributed by atoms with van der Waals surface area (Å²) in [6, 6.07) is 0. The fourth-order valence-electron chi connectivity index (χ4n) is 0.436. The highest BCUT2D eigenvalue weighted by molar-refractivity contribution is 7.79. The topological polar surface area (TPSA) is 26.3 Å². The van der Waals surface area contributed by atoms with Crippen LogP contribution in [0.25, 0.3) is 0 Å². The van der Waals surface area contributed by atoms with E-state index in [2.05, 4.69) is 12.2 Å². The van der Waals surface area contributed by atoms with Gasteiger partial charge in [-0.3, -0.25) is 4.79 Å². The fraction of sp³-hybridized carbons (Fsp3) is 0.750. The molecule has 0 amide bonds. The molecule has 0 saturated heterocycles. The molecule has 64 valence electrons. The van der Waals surface area contributed by atoms with Crippen molar-refractivity contribution in [3.8, 4) is 0 Å². The van der Waals surface area contributed by atoms with Crippen LogP contribution in [-0.2, 0) is 9.53 Å². The zero-order chi connectivity index (χ0) is 8.85. The van der Waals surface area contributed by atoms with Crippen molar-refractivity contribution in [2.45, 2.75) is 20.8 Å². The molecule has 0 spiro atoms. The Kier molecular flexibility index (Phi) is 5.03. The van der Waals surface area contributed by atoms with Gasteiger partial charge in [-0.2, -0.15) is 0 Å². The zero-order valence-corrected chi connectivity index (χ0v) is 7.98. The first-order valence-corrected chi connectivity index (χ1v) is 4.17. The Bertz CT molecular complexity index is 143. The molecule has 0 aromatic rings. The van der Waals surface area contributed by atoms with Crippen molar-refractivity contribution < 1.29 is 9.53 Å². The molecule has 1 atom stereocenters. The molecule has 3 heteroatoms. The highest BCUT2D eigenvalue weighted by Gasteiger charge is 2.10. The molecule has 0 N–H and O–H groups in total. The summed E-state index contributed by atoms with van der Waals surface area (Å²) >= 11 is 4.60. The molecular weight excluding hydrogens is 160 g/mol. The number of hydrogen-bond donors (Lipinski definition) is 0.